The van der Waals surface area contributed by atoms with Crippen LogP contribution in [0, 0.1) is 6.92 Å². The number of likely N-dealkylation sites (tertiary alicyclic amines) is 1. The number of nitrogens with one attached hydrogen (secondary N) is 1. The van der Waals surface area contributed by atoms with E-state index in [4.69, 9.17) is 0 Å². The third kappa shape index (κ3) is 3.18. The van der Waals surface area contributed by atoms with Crippen LogP contribution in [-0.2, 0) is 16.6 Å². The number of halogens is 3. The zero-order chi connectivity index (χ0) is 17.5. The Morgan fingerprint density at radius 2 is 2.12 bits per heavy atom. The van der Waals surface area contributed by atoms with Crippen molar-refractivity contribution in [2.75, 3.05) is 13.1 Å². The fourth-order valence-corrected chi connectivity index (χ4v) is 3.91. The molecule has 1 atom stereocenters. The summed E-state index contributed by atoms with van der Waals surface area (Å²) < 4.78 is 37.0. The first kappa shape index (κ1) is 17.0. The number of nitrogens with zero attached hydrogens (tertiary/aromatic N) is 2. The first-order valence-corrected chi connectivity index (χ1v) is 8.15. The summed E-state index contributed by atoms with van der Waals surface area (Å²) >= 11 is 0. The Morgan fingerprint density at radius 1 is 1.38 bits per heavy atom. The van der Waals surface area contributed by atoms with Gasteiger partial charge in [0.25, 0.3) is 5.56 Å². The molecule has 0 radical (unpaired) electrons. The zero-order valence-corrected chi connectivity index (χ0v) is 13.5. The number of H-pyrrole nitrogens is 1. The van der Waals surface area contributed by atoms with Gasteiger partial charge < -0.3 is 9.88 Å². The molecular formula is C16H20F3N3O2. The van der Waals surface area contributed by atoms with Crippen LogP contribution >= 0.6 is 0 Å². The summed E-state index contributed by atoms with van der Waals surface area (Å²) in [5, 5.41) is 0. The van der Waals surface area contributed by atoms with Crippen molar-refractivity contribution in [3.63, 3.8) is 0 Å². The molecule has 0 bridgehead atoms. The minimum absolute atomic E-state index is 0.144. The quantitative estimate of drug-likeness (QED) is 0.895. The van der Waals surface area contributed by atoms with Gasteiger partial charge in [0.2, 0.25) is 5.91 Å². The van der Waals surface area contributed by atoms with Crippen molar-refractivity contribution in [3.8, 4) is 0 Å². The summed E-state index contributed by atoms with van der Waals surface area (Å²) in [6.07, 6.45) is -3.11. The van der Waals surface area contributed by atoms with Crippen LogP contribution < -0.4 is 5.56 Å². The number of alkyl halides is 3. The van der Waals surface area contributed by atoms with Gasteiger partial charge in [-0.3, -0.25) is 9.59 Å². The second-order valence-corrected chi connectivity index (χ2v) is 6.79. The Balaban J connectivity index is 1.80. The highest BCUT2D eigenvalue weighted by Crippen LogP contribution is 2.43. The molecule has 1 aromatic heterocycles. The topological polar surface area (TPSA) is 66.1 Å². The number of aryl methyl sites for hydroxylation is 1. The number of amides is 1. The summed E-state index contributed by atoms with van der Waals surface area (Å²) in [4.78, 5) is 33.0. The standard InChI is InChI=1S/C16H20F3N3O2/c1-10-20-13-11(14(24)21-10)3-6-15(13)5-2-8-22(9-15)12(23)4-7-16(17,18)19/h2-9H2,1H3,(H,20,21,24). The van der Waals surface area contributed by atoms with Crippen LogP contribution in [0.3, 0.4) is 0 Å². The summed E-state index contributed by atoms with van der Waals surface area (Å²) in [5.41, 5.74) is 0.859. The molecule has 1 N–H and O–H groups in total. The van der Waals surface area contributed by atoms with Crippen molar-refractivity contribution in [1.29, 1.82) is 0 Å². The number of carbonyl (C=O) groups is 1. The van der Waals surface area contributed by atoms with Crippen molar-refractivity contribution in [3.05, 3.63) is 27.4 Å². The van der Waals surface area contributed by atoms with Crippen molar-refractivity contribution in [2.45, 2.75) is 57.0 Å². The third-order valence-electron chi connectivity index (χ3n) is 5.04. The summed E-state index contributed by atoms with van der Waals surface area (Å²) in [6.45, 7) is 2.53. The molecule has 1 amide bonds. The van der Waals surface area contributed by atoms with Gasteiger partial charge in [0, 0.05) is 30.5 Å². The van der Waals surface area contributed by atoms with Gasteiger partial charge in [-0.25, -0.2) is 4.98 Å². The maximum Gasteiger partial charge on any atom is 0.389 e. The molecule has 1 aliphatic carbocycles. The van der Waals surface area contributed by atoms with Gasteiger partial charge in [0.15, 0.2) is 0 Å². The first-order chi connectivity index (χ1) is 11.2. The summed E-state index contributed by atoms with van der Waals surface area (Å²) in [6, 6.07) is 0. The minimum atomic E-state index is -4.32. The molecule has 5 nitrogen and oxygen atoms in total. The van der Waals surface area contributed by atoms with E-state index in [9.17, 15) is 22.8 Å². The lowest BCUT2D eigenvalue weighted by atomic mass is 9.77. The van der Waals surface area contributed by atoms with E-state index in [0.717, 1.165) is 12.1 Å². The lowest BCUT2D eigenvalue weighted by molar-refractivity contribution is -0.150. The SMILES string of the molecule is Cc1nc2c(c(=O)[nH]1)CCC21CCCN(C(=O)CCC(F)(F)F)C1. The largest absolute Gasteiger partial charge is 0.389 e. The number of piperidine rings is 1. The molecule has 1 aliphatic heterocycles. The predicted molar refractivity (Wildman–Crippen MR) is 80.7 cm³/mol. The van der Waals surface area contributed by atoms with Gasteiger partial charge in [-0.2, -0.15) is 13.2 Å². The van der Waals surface area contributed by atoms with Crippen LogP contribution in [0.5, 0.6) is 0 Å². The maximum absolute atomic E-state index is 12.3. The summed E-state index contributed by atoms with van der Waals surface area (Å²) in [7, 11) is 0. The van der Waals surface area contributed by atoms with E-state index in [-0.39, 0.29) is 11.0 Å². The van der Waals surface area contributed by atoms with Crippen LogP contribution in [0.15, 0.2) is 4.79 Å². The van der Waals surface area contributed by atoms with Gasteiger partial charge in [-0.05, 0) is 32.6 Å². The second kappa shape index (κ2) is 5.89. The highest BCUT2D eigenvalue weighted by molar-refractivity contribution is 5.76. The highest BCUT2D eigenvalue weighted by Gasteiger charge is 2.45. The number of hydrogen-bond donors (Lipinski definition) is 1. The average Bonchev–Trinajstić information content (AvgIpc) is 2.83. The molecule has 1 aromatic rings. The molecule has 3 rings (SSSR count). The molecule has 1 spiro atoms. The van der Waals surface area contributed by atoms with Crippen LogP contribution in [0.1, 0.15) is 49.2 Å². The lowest BCUT2D eigenvalue weighted by Gasteiger charge is -2.40. The number of fused-ring (bicyclic) bond motifs is 2. The number of hydrogen-bond acceptors (Lipinski definition) is 3. The Kier molecular flexibility index (Phi) is 4.17. The smallest absolute Gasteiger partial charge is 0.342 e. The van der Waals surface area contributed by atoms with E-state index in [2.05, 4.69) is 9.97 Å². The van der Waals surface area contributed by atoms with Crippen molar-refractivity contribution >= 4 is 5.91 Å². The fourth-order valence-electron chi connectivity index (χ4n) is 3.91. The van der Waals surface area contributed by atoms with Crippen LogP contribution in [0.2, 0.25) is 0 Å². The molecule has 132 valence electrons. The number of carbonyl (C=O) groups excluding carboxylic acids is 1. The highest BCUT2D eigenvalue weighted by atomic mass is 19.4. The van der Waals surface area contributed by atoms with E-state index >= 15 is 0 Å². The first-order valence-electron chi connectivity index (χ1n) is 8.15. The van der Waals surface area contributed by atoms with Crippen molar-refractivity contribution < 1.29 is 18.0 Å². The van der Waals surface area contributed by atoms with Gasteiger partial charge in [0.05, 0.1) is 12.1 Å². The zero-order valence-electron chi connectivity index (χ0n) is 13.5. The van der Waals surface area contributed by atoms with Gasteiger partial charge in [-0.1, -0.05) is 0 Å². The van der Waals surface area contributed by atoms with E-state index < -0.39 is 24.9 Å². The Hall–Kier alpha value is -1.86. The monoisotopic (exact) mass is 343 g/mol. The molecule has 2 aliphatic rings. The van der Waals surface area contributed by atoms with Crippen LogP contribution in [-0.4, -0.2) is 40.0 Å². The number of rotatable bonds is 2. The average molecular weight is 343 g/mol. The Bertz CT molecular complexity index is 713. The van der Waals surface area contributed by atoms with Crippen LogP contribution in [0.25, 0.3) is 0 Å². The molecular weight excluding hydrogens is 323 g/mol. The van der Waals surface area contributed by atoms with Crippen molar-refractivity contribution in [2.24, 2.45) is 0 Å². The Morgan fingerprint density at radius 3 is 2.83 bits per heavy atom. The predicted octanol–water partition coefficient (Wildman–Crippen LogP) is 2.23. The maximum atomic E-state index is 12.3. The fraction of sp³-hybridized carbons (Fsp3) is 0.688. The third-order valence-corrected chi connectivity index (χ3v) is 5.04. The molecule has 8 heteroatoms. The van der Waals surface area contributed by atoms with E-state index in [1.165, 1.54) is 4.90 Å². The second-order valence-electron chi connectivity index (χ2n) is 6.79. The molecule has 1 fully saturated rings. The van der Waals surface area contributed by atoms with E-state index in [1.807, 2.05) is 0 Å². The molecule has 2 heterocycles. The van der Waals surface area contributed by atoms with Gasteiger partial charge in [0.1, 0.15) is 5.82 Å². The molecule has 1 saturated heterocycles. The molecule has 24 heavy (non-hydrogen) atoms. The molecule has 1 unspecified atom stereocenters. The number of aromatic amines is 1. The minimum Gasteiger partial charge on any atom is -0.342 e. The van der Waals surface area contributed by atoms with Gasteiger partial charge in [-0.15, -0.1) is 0 Å². The lowest BCUT2D eigenvalue weighted by Crippen LogP contribution is -2.48. The normalized spacial score (nSPS) is 23.6. The van der Waals surface area contributed by atoms with Crippen LogP contribution in [0.4, 0.5) is 13.2 Å². The van der Waals surface area contributed by atoms with Crippen molar-refractivity contribution in [1.82, 2.24) is 14.9 Å². The summed E-state index contributed by atoms with van der Waals surface area (Å²) in [5.74, 6) is 0.0574. The van der Waals surface area contributed by atoms with E-state index in [0.29, 0.717) is 43.7 Å². The molecule has 0 saturated carbocycles. The Labute approximate surface area is 137 Å². The van der Waals surface area contributed by atoms with Gasteiger partial charge >= 0.3 is 6.18 Å². The number of aromatic nitrogens is 2. The van der Waals surface area contributed by atoms with E-state index in [1.54, 1.807) is 6.92 Å². The molecule has 0 aromatic carbocycles.